The number of hydrogen-bond acceptors (Lipinski definition) is 2. The molecule has 0 saturated carbocycles. The molecule has 0 bridgehead atoms. The van der Waals surface area contributed by atoms with E-state index in [0.717, 1.165) is 0 Å². The molecule has 0 amide bonds. The third kappa shape index (κ3) is 1.26. The van der Waals surface area contributed by atoms with Crippen molar-refractivity contribution in [3.05, 3.63) is 40.4 Å². The number of rotatable bonds is 0. The van der Waals surface area contributed by atoms with Crippen LogP contribution in [0.1, 0.15) is 0 Å². The van der Waals surface area contributed by atoms with E-state index in [4.69, 9.17) is 5.73 Å². The van der Waals surface area contributed by atoms with Gasteiger partial charge in [-0.3, -0.25) is 4.79 Å². The summed E-state index contributed by atoms with van der Waals surface area (Å²) in [6.07, 6.45) is 0. The minimum atomic E-state index is -0.507. The first-order valence-electron chi connectivity index (χ1n) is 3.75. The molecular weight excluding hydrogens is 171 g/mol. The van der Waals surface area contributed by atoms with Crippen molar-refractivity contribution in [1.29, 1.82) is 0 Å². The Bertz CT molecular complexity index is 518. The van der Waals surface area contributed by atoms with Crippen LogP contribution in [-0.4, -0.2) is 4.98 Å². The van der Waals surface area contributed by atoms with Gasteiger partial charge in [-0.25, -0.2) is 4.39 Å². The summed E-state index contributed by atoms with van der Waals surface area (Å²) in [5.74, 6) is -0.507. The molecule has 0 spiro atoms. The maximum absolute atomic E-state index is 13.2. The molecule has 0 fully saturated rings. The van der Waals surface area contributed by atoms with Crippen LogP contribution in [0.4, 0.5) is 10.1 Å². The lowest BCUT2D eigenvalue weighted by atomic mass is 10.2. The van der Waals surface area contributed by atoms with Crippen molar-refractivity contribution in [2.75, 3.05) is 5.73 Å². The van der Waals surface area contributed by atoms with Crippen molar-refractivity contribution in [3.63, 3.8) is 0 Å². The fourth-order valence-electron chi connectivity index (χ4n) is 1.24. The molecule has 2 aromatic rings. The van der Waals surface area contributed by atoms with Crippen molar-refractivity contribution in [2.24, 2.45) is 0 Å². The van der Waals surface area contributed by atoms with Crippen LogP contribution in [0.2, 0.25) is 0 Å². The van der Waals surface area contributed by atoms with Crippen LogP contribution >= 0.6 is 0 Å². The summed E-state index contributed by atoms with van der Waals surface area (Å²) in [4.78, 5) is 13.3. The standard InChI is InChI=1S/C9H7FN2O/c10-7-4-6(11)3-5-1-2-8(13)12-9(5)7/h1-4H,11H2,(H,12,13). The molecule has 0 saturated heterocycles. The summed E-state index contributed by atoms with van der Waals surface area (Å²) < 4.78 is 13.2. The van der Waals surface area contributed by atoms with Crippen LogP contribution in [-0.2, 0) is 0 Å². The van der Waals surface area contributed by atoms with Gasteiger partial charge in [-0.05, 0) is 18.2 Å². The molecule has 0 atom stereocenters. The number of nitrogens with one attached hydrogen (secondary N) is 1. The lowest BCUT2D eigenvalue weighted by Gasteiger charge is -1.99. The van der Waals surface area contributed by atoms with E-state index in [-0.39, 0.29) is 11.1 Å². The van der Waals surface area contributed by atoms with Crippen LogP contribution in [0.3, 0.4) is 0 Å². The molecule has 66 valence electrons. The highest BCUT2D eigenvalue weighted by Crippen LogP contribution is 2.17. The number of hydrogen-bond donors (Lipinski definition) is 2. The SMILES string of the molecule is Nc1cc(F)c2[nH]c(=O)ccc2c1. The van der Waals surface area contributed by atoms with E-state index in [0.29, 0.717) is 11.1 Å². The highest BCUT2D eigenvalue weighted by molar-refractivity contribution is 5.82. The van der Waals surface area contributed by atoms with E-state index in [9.17, 15) is 9.18 Å². The molecule has 1 heterocycles. The van der Waals surface area contributed by atoms with E-state index >= 15 is 0 Å². The maximum atomic E-state index is 13.2. The Hall–Kier alpha value is -1.84. The topological polar surface area (TPSA) is 58.9 Å². The molecule has 0 aliphatic carbocycles. The number of nitrogens with two attached hydrogens (primary N) is 1. The molecule has 1 aromatic carbocycles. The van der Waals surface area contributed by atoms with Gasteiger partial charge in [0.25, 0.3) is 0 Å². The van der Waals surface area contributed by atoms with E-state index in [2.05, 4.69) is 4.98 Å². The Kier molecular flexibility index (Phi) is 1.55. The summed E-state index contributed by atoms with van der Waals surface area (Å²) >= 11 is 0. The highest BCUT2D eigenvalue weighted by Gasteiger charge is 2.02. The molecular formula is C9H7FN2O. The van der Waals surface area contributed by atoms with Crippen molar-refractivity contribution >= 4 is 16.6 Å². The van der Waals surface area contributed by atoms with Gasteiger partial charge in [-0.2, -0.15) is 0 Å². The fraction of sp³-hybridized carbons (Fsp3) is 0. The second-order valence-electron chi connectivity index (χ2n) is 2.79. The molecule has 2 rings (SSSR count). The Morgan fingerprint density at radius 3 is 2.85 bits per heavy atom. The molecule has 3 N–H and O–H groups in total. The minimum absolute atomic E-state index is 0.196. The zero-order chi connectivity index (χ0) is 9.42. The summed E-state index contributed by atoms with van der Waals surface area (Å²) in [5.41, 5.74) is 5.65. The first-order chi connectivity index (χ1) is 6.16. The first kappa shape index (κ1) is 7.79. The molecule has 0 aliphatic rings. The van der Waals surface area contributed by atoms with Gasteiger partial charge in [0.15, 0.2) is 0 Å². The number of pyridine rings is 1. The van der Waals surface area contributed by atoms with E-state index in [1.54, 1.807) is 6.07 Å². The van der Waals surface area contributed by atoms with Gasteiger partial charge in [-0.1, -0.05) is 0 Å². The van der Waals surface area contributed by atoms with Gasteiger partial charge in [0.1, 0.15) is 5.82 Å². The predicted molar refractivity (Wildman–Crippen MR) is 48.9 cm³/mol. The zero-order valence-corrected chi connectivity index (χ0v) is 6.67. The molecule has 3 nitrogen and oxygen atoms in total. The Balaban J connectivity index is 2.95. The van der Waals surface area contributed by atoms with Crippen LogP contribution in [0.25, 0.3) is 10.9 Å². The van der Waals surface area contributed by atoms with Crippen molar-refractivity contribution in [2.45, 2.75) is 0 Å². The smallest absolute Gasteiger partial charge is 0.248 e. The van der Waals surface area contributed by atoms with Crippen LogP contribution in [0, 0.1) is 5.82 Å². The molecule has 13 heavy (non-hydrogen) atoms. The number of halogens is 1. The van der Waals surface area contributed by atoms with Gasteiger partial charge in [0.05, 0.1) is 5.52 Å². The van der Waals surface area contributed by atoms with Gasteiger partial charge < -0.3 is 10.7 Å². The average Bonchev–Trinajstić information content (AvgIpc) is 2.06. The summed E-state index contributed by atoms with van der Waals surface area (Å²) in [6.45, 7) is 0. The molecule has 1 aromatic heterocycles. The number of anilines is 1. The molecule has 4 heteroatoms. The number of fused-ring (bicyclic) bond motifs is 1. The van der Waals surface area contributed by atoms with Crippen molar-refractivity contribution in [1.82, 2.24) is 4.98 Å². The lowest BCUT2D eigenvalue weighted by Crippen LogP contribution is -2.04. The normalized spacial score (nSPS) is 10.5. The Morgan fingerprint density at radius 2 is 2.08 bits per heavy atom. The van der Waals surface area contributed by atoms with Gasteiger partial charge >= 0.3 is 0 Å². The maximum Gasteiger partial charge on any atom is 0.248 e. The van der Waals surface area contributed by atoms with E-state index < -0.39 is 5.82 Å². The largest absolute Gasteiger partial charge is 0.399 e. The first-order valence-corrected chi connectivity index (χ1v) is 3.75. The predicted octanol–water partition coefficient (Wildman–Crippen LogP) is 1.25. The fourth-order valence-corrected chi connectivity index (χ4v) is 1.24. The van der Waals surface area contributed by atoms with Gasteiger partial charge in [0, 0.05) is 17.1 Å². The second-order valence-corrected chi connectivity index (χ2v) is 2.79. The van der Waals surface area contributed by atoms with Crippen molar-refractivity contribution < 1.29 is 4.39 Å². The zero-order valence-electron chi connectivity index (χ0n) is 6.67. The quantitative estimate of drug-likeness (QED) is 0.596. The summed E-state index contributed by atoms with van der Waals surface area (Å²) in [7, 11) is 0. The van der Waals surface area contributed by atoms with Gasteiger partial charge in [-0.15, -0.1) is 0 Å². The van der Waals surface area contributed by atoms with Crippen molar-refractivity contribution in [3.8, 4) is 0 Å². The molecule has 0 radical (unpaired) electrons. The van der Waals surface area contributed by atoms with E-state index in [1.807, 2.05) is 0 Å². The average molecular weight is 178 g/mol. The summed E-state index contributed by atoms with van der Waals surface area (Å²) in [5, 5.41) is 0.595. The lowest BCUT2D eigenvalue weighted by molar-refractivity contribution is 0.637. The molecule has 0 unspecified atom stereocenters. The third-order valence-electron chi connectivity index (χ3n) is 1.81. The van der Waals surface area contributed by atoms with Crippen LogP contribution in [0.15, 0.2) is 29.1 Å². The monoisotopic (exact) mass is 178 g/mol. The minimum Gasteiger partial charge on any atom is -0.399 e. The number of H-pyrrole nitrogens is 1. The molecule has 0 aliphatic heterocycles. The number of benzene rings is 1. The summed E-state index contributed by atoms with van der Waals surface area (Å²) in [6, 6.07) is 5.65. The Labute approximate surface area is 73.0 Å². The second kappa shape index (κ2) is 2.58. The number of aromatic amines is 1. The Morgan fingerprint density at radius 1 is 1.31 bits per heavy atom. The number of nitrogen functional groups attached to an aromatic ring is 1. The highest BCUT2D eigenvalue weighted by atomic mass is 19.1. The third-order valence-corrected chi connectivity index (χ3v) is 1.81. The van der Waals surface area contributed by atoms with Gasteiger partial charge in [0.2, 0.25) is 5.56 Å². The van der Waals surface area contributed by atoms with E-state index in [1.165, 1.54) is 18.2 Å². The number of aromatic nitrogens is 1. The van der Waals surface area contributed by atoms with Crippen LogP contribution in [0.5, 0.6) is 0 Å². The van der Waals surface area contributed by atoms with Crippen LogP contribution < -0.4 is 11.3 Å².